The summed E-state index contributed by atoms with van der Waals surface area (Å²) in [5.74, 6) is 0. The second-order valence-electron chi connectivity index (χ2n) is 9.88. The first-order valence-corrected chi connectivity index (χ1v) is 14.4. The van der Waals surface area contributed by atoms with E-state index in [1.54, 1.807) is 35.6 Å². The van der Waals surface area contributed by atoms with E-state index in [1.165, 1.54) is 0 Å². The minimum Gasteiger partial charge on any atom is -0.456 e. The van der Waals surface area contributed by atoms with Gasteiger partial charge in [-0.15, -0.1) is 11.3 Å². The van der Waals surface area contributed by atoms with Crippen LogP contribution in [0.5, 0.6) is 0 Å². The molecule has 8 rings (SSSR count). The molecule has 0 aliphatic rings. The highest BCUT2D eigenvalue weighted by Gasteiger charge is 2.17. The van der Waals surface area contributed by atoms with Crippen molar-refractivity contribution in [2.45, 2.75) is 0 Å². The molecule has 0 atom stereocenters. The second kappa shape index (κ2) is 10.8. The van der Waals surface area contributed by atoms with Crippen molar-refractivity contribution < 1.29 is 18.1 Å². The molecule has 43 heavy (non-hydrogen) atoms. The Morgan fingerprint density at radius 1 is 0.488 bits per heavy atom. The number of rotatable bonds is 6. The van der Waals surface area contributed by atoms with E-state index < -0.39 is 36.3 Å². The average molecular weight is 580 g/mol. The lowest BCUT2D eigenvalue weighted by Gasteiger charge is -2.24. The Hall–Kier alpha value is -5.38. The summed E-state index contributed by atoms with van der Waals surface area (Å²) >= 11 is 1.56. The molecule has 0 fully saturated rings. The van der Waals surface area contributed by atoms with Crippen molar-refractivity contribution >= 4 is 49.7 Å². The summed E-state index contributed by atoms with van der Waals surface area (Å²) in [5.41, 5.74) is 5.22. The van der Waals surface area contributed by atoms with Crippen LogP contribution in [0.25, 0.3) is 54.6 Å². The number of fused-ring (bicyclic) bond motifs is 3. The van der Waals surface area contributed by atoms with Crippen LogP contribution in [0.4, 0.5) is 16.4 Å². The van der Waals surface area contributed by atoms with E-state index in [4.69, 9.17) is 18.1 Å². The second-order valence-corrected chi connectivity index (χ2v) is 10.9. The van der Waals surface area contributed by atoms with Crippen LogP contribution in [-0.4, -0.2) is 0 Å². The summed E-state index contributed by atoms with van der Waals surface area (Å²) < 4.78 is 88.4. The van der Waals surface area contributed by atoms with E-state index >= 15 is 0 Å². The highest BCUT2D eigenvalue weighted by molar-refractivity contribution is 7.19. The van der Waals surface area contributed by atoms with Gasteiger partial charge in [-0.1, -0.05) is 103 Å². The Morgan fingerprint density at radius 2 is 1.05 bits per heavy atom. The maximum Gasteiger partial charge on any atom is 0.135 e. The maximum absolute atomic E-state index is 8.46. The Balaban J connectivity index is 1.23. The van der Waals surface area contributed by atoms with Crippen molar-refractivity contribution in [1.29, 1.82) is 0 Å². The largest absolute Gasteiger partial charge is 0.456 e. The third-order valence-corrected chi connectivity index (χ3v) is 8.42. The highest BCUT2D eigenvalue weighted by Crippen LogP contribution is 2.43. The van der Waals surface area contributed by atoms with Gasteiger partial charge in [-0.05, 0) is 88.5 Å². The normalized spacial score (nSPS) is 14.5. The summed E-state index contributed by atoms with van der Waals surface area (Å²) in [6.45, 7) is 0. The molecule has 0 aliphatic carbocycles. The van der Waals surface area contributed by atoms with E-state index in [2.05, 4.69) is 6.07 Å². The Morgan fingerprint density at radius 3 is 1.67 bits per heavy atom. The van der Waals surface area contributed by atoms with Crippen molar-refractivity contribution in [3.8, 4) is 32.7 Å². The third-order valence-electron chi connectivity index (χ3n) is 7.30. The molecule has 2 heterocycles. The molecule has 0 spiro atoms. The lowest BCUT2D eigenvalue weighted by Crippen LogP contribution is -2.08. The summed E-state index contributed by atoms with van der Waals surface area (Å²) in [4.78, 5) is 3.01. The number of hydrogen-bond donors (Lipinski definition) is 0. The zero-order valence-corrected chi connectivity index (χ0v) is 23.4. The van der Waals surface area contributed by atoms with Gasteiger partial charge < -0.3 is 9.32 Å². The molecular formula is C40H27NOS. The number of anilines is 3. The minimum absolute atomic E-state index is 0.109. The lowest BCUT2D eigenvalue weighted by molar-refractivity contribution is 0.669. The quantitative estimate of drug-likeness (QED) is 0.195. The molecule has 204 valence electrons. The predicted octanol–water partition coefficient (Wildman–Crippen LogP) is 12.1. The fraction of sp³-hybridized carbons (Fsp3) is 0. The summed E-state index contributed by atoms with van der Waals surface area (Å²) in [6, 6.07) is 28.6. The van der Waals surface area contributed by atoms with E-state index in [9.17, 15) is 0 Å². The van der Waals surface area contributed by atoms with Crippen LogP contribution in [0.1, 0.15) is 13.7 Å². The number of furan rings is 1. The third kappa shape index (κ3) is 4.80. The van der Waals surface area contributed by atoms with E-state index in [-0.39, 0.29) is 35.3 Å². The smallest absolute Gasteiger partial charge is 0.135 e. The lowest BCUT2D eigenvalue weighted by atomic mass is 10.0. The number of hydrogen-bond acceptors (Lipinski definition) is 3. The van der Waals surface area contributed by atoms with Gasteiger partial charge in [-0.2, -0.15) is 0 Å². The zero-order valence-electron chi connectivity index (χ0n) is 32.6. The first-order chi connectivity index (χ1) is 25.4. The molecular weight excluding hydrogens is 543 g/mol. The molecule has 0 amide bonds. The topological polar surface area (TPSA) is 16.4 Å². The first kappa shape index (κ1) is 16.9. The molecule has 0 unspecified atom stereocenters. The van der Waals surface area contributed by atoms with E-state index in [0.29, 0.717) is 11.1 Å². The van der Waals surface area contributed by atoms with Crippen molar-refractivity contribution in [1.82, 2.24) is 0 Å². The first-order valence-electron chi connectivity index (χ1n) is 18.6. The molecule has 0 saturated heterocycles. The minimum atomic E-state index is -0.452. The molecule has 0 aliphatic heterocycles. The monoisotopic (exact) mass is 579 g/mol. The van der Waals surface area contributed by atoms with Crippen LogP contribution in [0, 0.1) is 0 Å². The number of benzene rings is 6. The van der Waals surface area contributed by atoms with Crippen LogP contribution in [0.15, 0.2) is 168 Å². The van der Waals surface area contributed by atoms with Gasteiger partial charge in [0.1, 0.15) is 16.2 Å². The van der Waals surface area contributed by atoms with Gasteiger partial charge in [0.05, 0.1) is 13.7 Å². The Kier molecular flexibility index (Phi) is 4.24. The maximum atomic E-state index is 8.46. The summed E-state index contributed by atoms with van der Waals surface area (Å²) in [7, 11) is 0. The highest BCUT2D eigenvalue weighted by atomic mass is 32.1. The molecule has 0 bridgehead atoms. The molecule has 0 radical (unpaired) electrons. The molecule has 0 saturated carbocycles. The van der Waals surface area contributed by atoms with Crippen molar-refractivity contribution in [3.05, 3.63) is 164 Å². The van der Waals surface area contributed by atoms with Gasteiger partial charge in [-0.3, -0.25) is 0 Å². The van der Waals surface area contributed by atoms with Crippen LogP contribution in [-0.2, 0) is 0 Å². The van der Waals surface area contributed by atoms with Crippen LogP contribution in [0.3, 0.4) is 0 Å². The average Bonchev–Trinajstić information content (AvgIpc) is 3.81. The summed E-state index contributed by atoms with van der Waals surface area (Å²) in [6.07, 6.45) is 0. The predicted molar refractivity (Wildman–Crippen MR) is 183 cm³/mol. The van der Waals surface area contributed by atoms with Crippen molar-refractivity contribution in [3.63, 3.8) is 0 Å². The van der Waals surface area contributed by atoms with Gasteiger partial charge in [-0.25, -0.2) is 0 Å². The molecule has 0 N–H and O–H groups in total. The summed E-state index contributed by atoms with van der Waals surface area (Å²) in [5, 5.41) is 2.89. The van der Waals surface area contributed by atoms with Crippen molar-refractivity contribution in [2.75, 3.05) is 4.90 Å². The number of thiophene rings is 1. The van der Waals surface area contributed by atoms with E-state index in [1.807, 2.05) is 77.7 Å². The Bertz CT molecular complexity index is 2570. The van der Waals surface area contributed by atoms with Gasteiger partial charge in [0.15, 0.2) is 0 Å². The zero-order chi connectivity index (χ0) is 37.3. The fourth-order valence-electron chi connectivity index (χ4n) is 5.23. The van der Waals surface area contributed by atoms with Gasteiger partial charge in [0, 0.05) is 27.0 Å². The molecule has 6 aromatic carbocycles. The Labute approximate surface area is 268 Å². The molecule has 2 nitrogen and oxygen atoms in total. The van der Waals surface area contributed by atoms with E-state index in [0.717, 1.165) is 48.8 Å². The molecule has 2 aromatic heterocycles. The number of para-hydroxylation sites is 1. The standard InChI is InChI=1S/C40H27NOS/c1-3-9-28(10-4-1)30-15-20-33(21-16-30)41(34-22-17-31(18-23-34)29-11-5-2-6-12-29)40-26-25-39(43-40)32-19-24-38-36(27-32)35-13-7-8-14-37(35)42-38/h1-27H/i1D,2D,3D,4D,5D,6D,9D,10D,11D,12D. The number of nitrogens with zero attached hydrogens (tertiary/aromatic N) is 1. The van der Waals surface area contributed by atoms with Gasteiger partial charge in [0.25, 0.3) is 0 Å². The molecule has 8 aromatic rings. The SMILES string of the molecule is [2H]c1c([2H])c([2H])c(-c2ccc(N(c3ccc(-c4c([2H])c([2H])c([2H])c([2H])c4[2H])cc3)c3ccc(-c4ccc5oc6ccccc6c5c4)s3)cc2)c([2H])c1[2H]. The fourth-order valence-corrected chi connectivity index (χ4v) is 6.27. The van der Waals surface area contributed by atoms with Crippen LogP contribution >= 0.6 is 11.3 Å². The molecule has 3 heteroatoms. The van der Waals surface area contributed by atoms with Gasteiger partial charge in [0.2, 0.25) is 0 Å². The van der Waals surface area contributed by atoms with Crippen molar-refractivity contribution in [2.24, 2.45) is 0 Å². The van der Waals surface area contributed by atoms with Gasteiger partial charge >= 0.3 is 0 Å². The van der Waals surface area contributed by atoms with Crippen LogP contribution < -0.4 is 4.90 Å². The van der Waals surface area contributed by atoms with Crippen LogP contribution in [0.2, 0.25) is 0 Å².